The van der Waals surface area contributed by atoms with Gasteiger partial charge in [-0.2, -0.15) is 0 Å². The SMILES string of the molecule is C=C(C)CNC(=NCc1ccc([N+](=O)[O-])cc1)NCc1ccccc1F. The number of non-ortho nitro benzene ring substituents is 1. The average Bonchev–Trinajstić information content (AvgIpc) is 2.62. The number of benzene rings is 2. The van der Waals surface area contributed by atoms with E-state index in [-0.39, 0.29) is 18.0 Å². The first-order chi connectivity index (χ1) is 12.5. The molecule has 0 unspecified atom stereocenters. The lowest BCUT2D eigenvalue weighted by Gasteiger charge is -2.13. The molecular weight excluding hydrogens is 335 g/mol. The van der Waals surface area contributed by atoms with Gasteiger partial charge in [-0.25, -0.2) is 9.38 Å². The molecule has 0 bridgehead atoms. The third-order valence-electron chi connectivity index (χ3n) is 3.53. The van der Waals surface area contributed by atoms with Gasteiger partial charge in [0.25, 0.3) is 5.69 Å². The Hall–Kier alpha value is -3.22. The molecule has 0 amide bonds. The Bertz CT molecular complexity index is 803. The molecule has 0 aromatic heterocycles. The Morgan fingerprint density at radius 2 is 1.88 bits per heavy atom. The number of nitrogens with zero attached hydrogens (tertiary/aromatic N) is 2. The highest BCUT2D eigenvalue weighted by Crippen LogP contribution is 2.12. The van der Waals surface area contributed by atoms with E-state index in [1.807, 2.05) is 6.92 Å². The fraction of sp³-hybridized carbons (Fsp3) is 0.211. The summed E-state index contributed by atoms with van der Waals surface area (Å²) in [4.78, 5) is 14.7. The minimum absolute atomic E-state index is 0.0380. The number of guanidine groups is 1. The minimum atomic E-state index is -0.442. The van der Waals surface area contributed by atoms with Crippen molar-refractivity contribution in [3.8, 4) is 0 Å². The van der Waals surface area contributed by atoms with Crippen LogP contribution in [0.2, 0.25) is 0 Å². The lowest BCUT2D eigenvalue weighted by Crippen LogP contribution is -2.37. The van der Waals surface area contributed by atoms with E-state index in [9.17, 15) is 14.5 Å². The van der Waals surface area contributed by atoms with Gasteiger partial charge in [0.2, 0.25) is 0 Å². The maximum absolute atomic E-state index is 13.7. The summed E-state index contributed by atoms with van der Waals surface area (Å²) in [5.41, 5.74) is 2.34. The van der Waals surface area contributed by atoms with Crippen molar-refractivity contribution in [2.75, 3.05) is 6.54 Å². The fourth-order valence-electron chi connectivity index (χ4n) is 2.12. The zero-order chi connectivity index (χ0) is 18.9. The monoisotopic (exact) mass is 356 g/mol. The van der Waals surface area contributed by atoms with E-state index in [2.05, 4.69) is 22.2 Å². The summed E-state index contributed by atoms with van der Waals surface area (Å²) in [6, 6.07) is 12.7. The van der Waals surface area contributed by atoms with Crippen molar-refractivity contribution >= 4 is 11.6 Å². The van der Waals surface area contributed by atoms with Gasteiger partial charge in [0.05, 0.1) is 11.5 Å². The van der Waals surface area contributed by atoms with Gasteiger partial charge in [-0.05, 0) is 18.6 Å². The molecule has 7 heteroatoms. The van der Waals surface area contributed by atoms with E-state index >= 15 is 0 Å². The molecule has 2 aromatic carbocycles. The number of hydrogen-bond donors (Lipinski definition) is 2. The van der Waals surface area contributed by atoms with Crippen LogP contribution in [-0.2, 0) is 13.1 Å². The first-order valence-electron chi connectivity index (χ1n) is 8.09. The molecule has 136 valence electrons. The van der Waals surface area contributed by atoms with Crippen LogP contribution >= 0.6 is 0 Å². The molecule has 0 aliphatic rings. The smallest absolute Gasteiger partial charge is 0.269 e. The largest absolute Gasteiger partial charge is 0.353 e. The number of nitro benzene ring substituents is 1. The Balaban J connectivity index is 2.04. The predicted octanol–water partition coefficient (Wildman–Crippen LogP) is 3.55. The molecule has 0 aliphatic heterocycles. The van der Waals surface area contributed by atoms with Crippen LogP contribution in [0.1, 0.15) is 18.1 Å². The van der Waals surface area contributed by atoms with Gasteiger partial charge in [-0.1, -0.05) is 42.5 Å². The molecule has 0 fully saturated rings. The first kappa shape index (κ1) is 19.1. The lowest BCUT2D eigenvalue weighted by molar-refractivity contribution is -0.384. The Kier molecular flexibility index (Phi) is 6.84. The van der Waals surface area contributed by atoms with Crippen molar-refractivity contribution in [2.45, 2.75) is 20.0 Å². The molecule has 6 nitrogen and oxygen atoms in total. The normalized spacial score (nSPS) is 11.1. The molecule has 2 N–H and O–H groups in total. The lowest BCUT2D eigenvalue weighted by atomic mass is 10.2. The van der Waals surface area contributed by atoms with Crippen molar-refractivity contribution in [1.82, 2.24) is 10.6 Å². The number of halogens is 1. The molecule has 2 rings (SSSR count). The van der Waals surface area contributed by atoms with Crippen LogP contribution < -0.4 is 10.6 Å². The van der Waals surface area contributed by atoms with E-state index in [1.54, 1.807) is 30.3 Å². The summed E-state index contributed by atoms with van der Waals surface area (Å²) in [6.45, 7) is 6.87. The van der Waals surface area contributed by atoms with Gasteiger partial charge >= 0.3 is 0 Å². The summed E-state index contributed by atoms with van der Waals surface area (Å²) in [5.74, 6) is 0.226. The molecule has 0 heterocycles. The highest BCUT2D eigenvalue weighted by molar-refractivity contribution is 5.80. The standard InChI is InChI=1S/C19H21FN4O2/c1-14(2)11-21-19(23-13-16-5-3-4-6-18(16)20)22-12-15-7-9-17(10-8-15)24(25)26/h3-10H,1,11-13H2,2H3,(H2,21,22,23). The molecular formula is C19H21FN4O2. The van der Waals surface area contributed by atoms with E-state index in [0.29, 0.717) is 24.6 Å². The third kappa shape index (κ3) is 6.01. The summed E-state index contributed by atoms with van der Waals surface area (Å²) in [5, 5.41) is 16.9. The molecule has 0 saturated carbocycles. The zero-order valence-electron chi connectivity index (χ0n) is 14.5. The highest BCUT2D eigenvalue weighted by atomic mass is 19.1. The van der Waals surface area contributed by atoms with Gasteiger partial charge in [0, 0.05) is 30.8 Å². The van der Waals surface area contributed by atoms with Crippen LogP contribution in [-0.4, -0.2) is 17.4 Å². The van der Waals surface area contributed by atoms with Crippen molar-refractivity contribution in [3.63, 3.8) is 0 Å². The summed E-state index contributed by atoms with van der Waals surface area (Å²) < 4.78 is 13.7. The van der Waals surface area contributed by atoms with Crippen molar-refractivity contribution < 1.29 is 9.31 Å². The summed E-state index contributed by atoms with van der Waals surface area (Å²) >= 11 is 0. The quantitative estimate of drug-likeness (QED) is 0.261. The Morgan fingerprint density at radius 1 is 1.19 bits per heavy atom. The predicted molar refractivity (Wildman–Crippen MR) is 100 cm³/mol. The number of nitrogens with one attached hydrogen (secondary N) is 2. The Labute approximate surface area is 151 Å². The van der Waals surface area contributed by atoms with Gasteiger partial charge in [-0.3, -0.25) is 10.1 Å². The second-order valence-corrected chi connectivity index (χ2v) is 5.84. The zero-order valence-corrected chi connectivity index (χ0v) is 14.5. The van der Waals surface area contributed by atoms with E-state index in [1.165, 1.54) is 18.2 Å². The van der Waals surface area contributed by atoms with Crippen molar-refractivity contribution in [3.05, 3.63) is 87.7 Å². The van der Waals surface area contributed by atoms with Crippen LogP contribution in [0, 0.1) is 15.9 Å². The van der Waals surface area contributed by atoms with Crippen LogP contribution in [0.5, 0.6) is 0 Å². The van der Waals surface area contributed by atoms with Crippen LogP contribution in [0.4, 0.5) is 10.1 Å². The second-order valence-electron chi connectivity index (χ2n) is 5.84. The van der Waals surface area contributed by atoms with Gasteiger partial charge < -0.3 is 10.6 Å². The van der Waals surface area contributed by atoms with E-state index < -0.39 is 4.92 Å². The summed E-state index contributed by atoms with van der Waals surface area (Å²) in [6.07, 6.45) is 0. The van der Waals surface area contributed by atoms with Crippen molar-refractivity contribution in [1.29, 1.82) is 0 Å². The summed E-state index contributed by atoms with van der Waals surface area (Å²) in [7, 11) is 0. The maximum atomic E-state index is 13.7. The second kappa shape index (κ2) is 9.31. The number of nitro groups is 1. The van der Waals surface area contributed by atoms with Crippen LogP contribution in [0.15, 0.2) is 65.7 Å². The highest BCUT2D eigenvalue weighted by Gasteiger charge is 2.05. The Morgan fingerprint density at radius 3 is 2.50 bits per heavy atom. The molecule has 26 heavy (non-hydrogen) atoms. The minimum Gasteiger partial charge on any atom is -0.353 e. The van der Waals surface area contributed by atoms with E-state index in [4.69, 9.17) is 0 Å². The first-order valence-corrected chi connectivity index (χ1v) is 8.09. The van der Waals surface area contributed by atoms with Gasteiger partial charge in [0.1, 0.15) is 5.82 Å². The number of rotatable bonds is 7. The van der Waals surface area contributed by atoms with Gasteiger partial charge in [0.15, 0.2) is 5.96 Å². The molecule has 0 saturated heterocycles. The molecule has 0 atom stereocenters. The third-order valence-corrected chi connectivity index (χ3v) is 3.53. The molecule has 0 radical (unpaired) electrons. The number of hydrogen-bond acceptors (Lipinski definition) is 3. The van der Waals surface area contributed by atoms with Gasteiger partial charge in [-0.15, -0.1) is 0 Å². The van der Waals surface area contributed by atoms with Crippen molar-refractivity contribution in [2.24, 2.45) is 4.99 Å². The van der Waals surface area contributed by atoms with E-state index in [0.717, 1.165) is 11.1 Å². The average molecular weight is 356 g/mol. The van der Waals surface area contributed by atoms with Crippen LogP contribution in [0.3, 0.4) is 0 Å². The van der Waals surface area contributed by atoms with Crippen LogP contribution in [0.25, 0.3) is 0 Å². The molecule has 0 aliphatic carbocycles. The molecule has 0 spiro atoms. The number of aliphatic imine (C=N–C) groups is 1. The topological polar surface area (TPSA) is 79.6 Å². The molecule has 2 aromatic rings. The maximum Gasteiger partial charge on any atom is 0.269 e. The fourth-order valence-corrected chi connectivity index (χ4v) is 2.12.